The first kappa shape index (κ1) is 9.14. The predicted molar refractivity (Wildman–Crippen MR) is 54.4 cm³/mol. The van der Waals surface area contributed by atoms with Crippen LogP contribution >= 0.6 is 11.5 Å². The average molecular weight is 210 g/mol. The Kier molecular flexibility index (Phi) is 2.20. The maximum absolute atomic E-state index is 5.36. The van der Waals surface area contributed by atoms with Gasteiger partial charge < -0.3 is 9.73 Å². The quantitative estimate of drug-likeness (QED) is 0.819. The minimum Gasteiger partial charge on any atom is -0.421 e. The van der Waals surface area contributed by atoms with Gasteiger partial charge in [0.2, 0.25) is 5.89 Å². The maximum atomic E-state index is 5.36. The Morgan fingerprint density at radius 3 is 2.64 bits per heavy atom. The zero-order chi connectivity index (χ0) is 10.1. The molecule has 0 aromatic carbocycles. The Labute approximate surface area is 85.3 Å². The molecule has 0 aliphatic carbocycles. The van der Waals surface area contributed by atoms with Gasteiger partial charge in [-0.3, -0.25) is 0 Å². The Morgan fingerprint density at radius 1 is 1.29 bits per heavy atom. The SMILES string of the molecule is CNc1snc(C)c1-c1nnc(C)o1. The van der Waals surface area contributed by atoms with E-state index in [1.807, 2.05) is 14.0 Å². The number of aryl methyl sites for hydroxylation is 2. The molecule has 0 atom stereocenters. The molecule has 0 aliphatic heterocycles. The zero-order valence-corrected chi connectivity index (χ0v) is 8.97. The fourth-order valence-electron chi connectivity index (χ4n) is 1.19. The molecule has 0 amide bonds. The highest BCUT2D eigenvalue weighted by atomic mass is 32.1. The highest BCUT2D eigenvalue weighted by Gasteiger charge is 2.16. The summed E-state index contributed by atoms with van der Waals surface area (Å²) in [5.41, 5.74) is 1.81. The third-order valence-corrected chi connectivity index (χ3v) is 2.79. The molecule has 14 heavy (non-hydrogen) atoms. The first-order valence-electron chi connectivity index (χ1n) is 4.17. The van der Waals surface area contributed by atoms with Crippen LogP contribution in [0.1, 0.15) is 11.6 Å². The van der Waals surface area contributed by atoms with E-state index in [1.165, 1.54) is 11.5 Å². The molecule has 6 heteroatoms. The zero-order valence-electron chi connectivity index (χ0n) is 8.16. The van der Waals surface area contributed by atoms with Gasteiger partial charge in [-0.2, -0.15) is 4.37 Å². The fraction of sp³-hybridized carbons (Fsp3) is 0.375. The van der Waals surface area contributed by atoms with Crippen molar-refractivity contribution >= 4 is 16.5 Å². The molecule has 0 radical (unpaired) electrons. The third-order valence-electron chi connectivity index (χ3n) is 1.83. The lowest BCUT2D eigenvalue weighted by Gasteiger charge is -1.96. The standard InChI is InChI=1S/C8H10N4OS/c1-4-6(8(9-3)14-12-4)7-11-10-5(2)13-7/h9H,1-3H3. The van der Waals surface area contributed by atoms with Crippen molar-refractivity contribution in [3.8, 4) is 11.5 Å². The number of hydrogen-bond acceptors (Lipinski definition) is 6. The minimum atomic E-state index is 0.526. The van der Waals surface area contributed by atoms with Gasteiger partial charge in [-0.05, 0) is 18.5 Å². The van der Waals surface area contributed by atoms with Gasteiger partial charge in [0.25, 0.3) is 5.89 Å². The van der Waals surface area contributed by atoms with Gasteiger partial charge in [-0.1, -0.05) is 0 Å². The lowest BCUT2D eigenvalue weighted by Crippen LogP contribution is -1.88. The van der Waals surface area contributed by atoms with Crippen LogP contribution in [0.5, 0.6) is 0 Å². The summed E-state index contributed by atoms with van der Waals surface area (Å²) in [6.45, 7) is 3.69. The number of anilines is 1. The van der Waals surface area contributed by atoms with Gasteiger partial charge in [0, 0.05) is 14.0 Å². The van der Waals surface area contributed by atoms with E-state index in [4.69, 9.17) is 4.42 Å². The lowest BCUT2D eigenvalue weighted by molar-refractivity contribution is 0.532. The largest absolute Gasteiger partial charge is 0.421 e. The smallest absolute Gasteiger partial charge is 0.252 e. The number of nitrogens with one attached hydrogen (secondary N) is 1. The number of hydrogen-bond donors (Lipinski definition) is 1. The van der Waals surface area contributed by atoms with Crippen LogP contribution in [0.25, 0.3) is 11.5 Å². The summed E-state index contributed by atoms with van der Waals surface area (Å²) in [6, 6.07) is 0. The monoisotopic (exact) mass is 210 g/mol. The van der Waals surface area contributed by atoms with Crippen molar-refractivity contribution in [1.82, 2.24) is 14.6 Å². The molecule has 2 rings (SSSR count). The predicted octanol–water partition coefficient (Wildman–Crippen LogP) is 1.85. The van der Waals surface area contributed by atoms with Crippen LogP contribution in [-0.2, 0) is 0 Å². The van der Waals surface area contributed by atoms with E-state index in [9.17, 15) is 0 Å². The summed E-state index contributed by atoms with van der Waals surface area (Å²) in [4.78, 5) is 0. The van der Waals surface area contributed by atoms with Crippen molar-refractivity contribution in [3.63, 3.8) is 0 Å². The van der Waals surface area contributed by atoms with Crippen LogP contribution < -0.4 is 5.32 Å². The second-order valence-corrected chi connectivity index (χ2v) is 3.62. The molecule has 0 bridgehead atoms. The van der Waals surface area contributed by atoms with Gasteiger partial charge in [0.15, 0.2) is 0 Å². The molecule has 2 aromatic heterocycles. The Hall–Kier alpha value is -1.43. The van der Waals surface area contributed by atoms with Crippen molar-refractivity contribution in [2.45, 2.75) is 13.8 Å². The molecule has 0 unspecified atom stereocenters. The van der Waals surface area contributed by atoms with Crippen LogP contribution in [0.4, 0.5) is 5.00 Å². The molecule has 0 fully saturated rings. The van der Waals surface area contributed by atoms with Crippen LogP contribution in [0.15, 0.2) is 4.42 Å². The van der Waals surface area contributed by atoms with E-state index >= 15 is 0 Å². The van der Waals surface area contributed by atoms with Crippen LogP contribution in [0, 0.1) is 13.8 Å². The first-order chi connectivity index (χ1) is 6.72. The second kappa shape index (κ2) is 3.38. The van der Waals surface area contributed by atoms with Gasteiger partial charge in [-0.15, -0.1) is 10.2 Å². The van der Waals surface area contributed by atoms with E-state index in [-0.39, 0.29) is 0 Å². The normalized spacial score (nSPS) is 10.5. The van der Waals surface area contributed by atoms with Gasteiger partial charge in [-0.25, -0.2) is 0 Å². The van der Waals surface area contributed by atoms with Gasteiger partial charge in [0.05, 0.1) is 11.3 Å². The van der Waals surface area contributed by atoms with Crippen LogP contribution in [0.2, 0.25) is 0 Å². The van der Waals surface area contributed by atoms with Gasteiger partial charge >= 0.3 is 0 Å². The average Bonchev–Trinajstić information content (AvgIpc) is 2.71. The summed E-state index contributed by atoms with van der Waals surface area (Å²) in [5.74, 6) is 1.09. The summed E-state index contributed by atoms with van der Waals surface area (Å²) < 4.78 is 9.58. The Bertz CT molecular complexity index is 448. The van der Waals surface area contributed by atoms with Crippen molar-refractivity contribution in [2.24, 2.45) is 0 Å². The number of aromatic nitrogens is 3. The molecule has 74 valence electrons. The highest BCUT2D eigenvalue weighted by Crippen LogP contribution is 2.33. The topological polar surface area (TPSA) is 63.8 Å². The van der Waals surface area contributed by atoms with Crippen molar-refractivity contribution in [2.75, 3.05) is 12.4 Å². The van der Waals surface area contributed by atoms with Crippen LogP contribution in [-0.4, -0.2) is 21.6 Å². The lowest BCUT2D eigenvalue weighted by atomic mass is 10.2. The fourth-order valence-corrected chi connectivity index (χ4v) is 1.93. The molecule has 0 spiro atoms. The first-order valence-corrected chi connectivity index (χ1v) is 4.94. The maximum Gasteiger partial charge on any atom is 0.252 e. The number of rotatable bonds is 2. The van der Waals surface area contributed by atoms with E-state index in [2.05, 4.69) is 19.9 Å². The molecular formula is C8H10N4OS. The van der Waals surface area contributed by atoms with Crippen LogP contribution in [0.3, 0.4) is 0 Å². The van der Waals surface area contributed by atoms with Crippen molar-refractivity contribution in [3.05, 3.63) is 11.6 Å². The minimum absolute atomic E-state index is 0.526. The van der Waals surface area contributed by atoms with E-state index in [0.29, 0.717) is 11.8 Å². The molecule has 5 nitrogen and oxygen atoms in total. The van der Waals surface area contributed by atoms with Crippen molar-refractivity contribution < 1.29 is 4.42 Å². The van der Waals surface area contributed by atoms with E-state index in [1.54, 1.807) is 6.92 Å². The molecule has 2 heterocycles. The number of nitrogens with zero attached hydrogens (tertiary/aromatic N) is 3. The highest BCUT2D eigenvalue weighted by molar-refractivity contribution is 7.10. The molecular weight excluding hydrogens is 200 g/mol. The molecule has 0 aliphatic rings. The third kappa shape index (κ3) is 1.37. The molecule has 2 aromatic rings. The Balaban J connectivity index is 2.54. The molecule has 0 saturated heterocycles. The van der Waals surface area contributed by atoms with E-state index in [0.717, 1.165) is 16.3 Å². The second-order valence-electron chi connectivity index (χ2n) is 2.85. The molecule has 0 saturated carbocycles. The summed E-state index contributed by atoms with van der Waals surface area (Å²) in [5, 5.41) is 11.8. The summed E-state index contributed by atoms with van der Waals surface area (Å²) >= 11 is 1.39. The summed E-state index contributed by atoms with van der Waals surface area (Å²) in [6.07, 6.45) is 0. The van der Waals surface area contributed by atoms with Crippen molar-refractivity contribution in [1.29, 1.82) is 0 Å². The van der Waals surface area contributed by atoms with Gasteiger partial charge in [0.1, 0.15) is 5.00 Å². The Morgan fingerprint density at radius 2 is 2.07 bits per heavy atom. The van der Waals surface area contributed by atoms with E-state index < -0.39 is 0 Å². The molecule has 1 N–H and O–H groups in total. The summed E-state index contributed by atoms with van der Waals surface area (Å²) in [7, 11) is 1.85.